The van der Waals surface area contributed by atoms with Gasteiger partial charge >= 0.3 is 19.7 Å². The van der Waals surface area contributed by atoms with Gasteiger partial charge < -0.3 is 24.4 Å². The van der Waals surface area contributed by atoms with Crippen molar-refractivity contribution in [2.45, 2.75) is 69.9 Å². The SMILES string of the molecule is C=CCOC(=O)OC[C@H]1O[C@@H](n2ccc(N)nc2=O)[C@H](O[Si](C)(C)C(C)(C)C)[C@@H]1OP(=O)(OCC=C)OCCC#N. The molecule has 16 heteroatoms. The monoisotopic (exact) mass is 614 g/mol. The molecule has 0 radical (unpaired) electrons. The van der Waals surface area contributed by atoms with Crippen LogP contribution in [0.3, 0.4) is 0 Å². The lowest BCUT2D eigenvalue weighted by Crippen LogP contribution is -2.50. The summed E-state index contributed by atoms with van der Waals surface area (Å²) in [5.74, 6) is -0.00280. The van der Waals surface area contributed by atoms with Crippen molar-refractivity contribution in [3.8, 4) is 6.07 Å². The molecule has 2 heterocycles. The van der Waals surface area contributed by atoms with Crippen LogP contribution < -0.4 is 11.4 Å². The number of nitrogens with zero attached hydrogens (tertiary/aromatic N) is 3. The first-order valence-electron chi connectivity index (χ1n) is 12.8. The molecule has 1 unspecified atom stereocenters. The number of hydrogen-bond donors (Lipinski definition) is 1. The lowest BCUT2D eigenvalue weighted by molar-refractivity contribution is -0.0628. The van der Waals surface area contributed by atoms with E-state index < -0.39 is 59.1 Å². The molecule has 2 N–H and O–H groups in total. The second-order valence-electron chi connectivity index (χ2n) is 10.5. The predicted molar refractivity (Wildman–Crippen MR) is 151 cm³/mol. The first-order valence-corrected chi connectivity index (χ1v) is 17.2. The highest BCUT2D eigenvalue weighted by Crippen LogP contribution is 2.54. The van der Waals surface area contributed by atoms with E-state index >= 15 is 0 Å². The first kappa shape index (κ1) is 34.4. The Labute approximate surface area is 240 Å². The molecular formula is C25H39N4O10PSi. The molecule has 0 saturated carbocycles. The van der Waals surface area contributed by atoms with Gasteiger partial charge in [-0.3, -0.25) is 18.1 Å². The van der Waals surface area contributed by atoms with Gasteiger partial charge in [-0.1, -0.05) is 39.5 Å². The van der Waals surface area contributed by atoms with Crippen LogP contribution in [-0.2, 0) is 36.8 Å². The molecule has 228 valence electrons. The van der Waals surface area contributed by atoms with Gasteiger partial charge in [-0.2, -0.15) is 10.2 Å². The van der Waals surface area contributed by atoms with E-state index in [2.05, 4.69) is 18.1 Å². The van der Waals surface area contributed by atoms with E-state index in [9.17, 15) is 14.2 Å². The average molecular weight is 615 g/mol. The molecule has 1 aromatic heterocycles. The predicted octanol–water partition coefficient (Wildman–Crippen LogP) is 4.08. The molecule has 0 bridgehead atoms. The summed E-state index contributed by atoms with van der Waals surface area (Å²) in [6.45, 7) is 16.0. The summed E-state index contributed by atoms with van der Waals surface area (Å²) in [5.41, 5.74) is 4.95. The van der Waals surface area contributed by atoms with Gasteiger partial charge in [0.05, 0.1) is 25.7 Å². The highest BCUT2D eigenvalue weighted by molar-refractivity contribution is 7.48. The molecule has 1 aliphatic heterocycles. The zero-order chi connectivity index (χ0) is 30.8. The largest absolute Gasteiger partial charge is 0.508 e. The third-order valence-corrected chi connectivity index (χ3v) is 12.3. The second-order valence-corrected chi connectivity index (χ2v) is 16.8. The molecule has 0 aromatic carbocycles. The minimum Gasteiger partial charge on any atom is -0.431 e. The number of nitriles is 1. The van der Waals surface area contributed by atoms with E-state index in [0.29, 0.717) is 0 Å². The van der Waals surface area contributed by atoms with Crippen LogP contribution in [-0.4, -0.2) is 68.8 Å². The molecule has 5 atom stereocenters. The van der Waals surface area contributed by atoms with E-state index in [1.54, 1.807) is 0 Å². The minimum atomic E-state index is -4.37. The summed E-state index contributed by atoms with van der Waals surface area (Å²) < 4.78 is 54.6. The number of phosphoric acid groups is 1. The standard InChI is InChI=1S/C25H39N4O10PSi/c1-8-14-33-24(31)34-17-18-20(38-40(32,35-15-9-2)36-16-10-12-26)21(39-41(6,7)25(3,4)5)22(37-18)29-13-11-19(27)28-23(29)30/h8-9,11,13,18,20-22H,1-2,10,14-17H2,3-7H3,(H2,27,28,30)/t18-,20-,21-,22-,40?/m1/s1. The van der Waals surface area contributed by atoms with Gasteiger partial charge in [-0.25, -0.2) is 14.2 Å². The number of ether oxygens (including phenoxy) is 3. The van der Waals surface area contributed by atoms with E-state index in [0.717, 1.165) is 4.57 Å². The Morgan fingerprint density at radius 3 is 2.51 bits per heavy atom. The van der Waals surface area contributed by atoms with Crippen molar-refractivity contribution < 1.29 is 41.6 Å². The number of carbonyl (C=O) groups excluding carboxylic acids is 1. The fourth-order valence-electron chi connectivity index (χ4n) is 3.37. The Morgan fingerprint density at radius 1 is 1.24 bits per heavy atom. The zero-order valence-electron chi connectivity index (χ0n) is 24.0. The maximum absolute atomic E-state index is 13.7. The molecule has 0 aliphatic carbocycles. The summed E-state index contributed by atoms with van der Waals surface area (Å²) in [7, 11) is -7.01. The van der Waals surface area contributed by atoms with Crippen LogP contribution in [0.15, 0.2) is 42.4 Å². The fraction of sp³-hybridized carbons (Fsp3) is 0.600. The summed E-state index contributed by atoms with van der Waals surface area (Å²) >= 11 is 0. The fourth-order valence-corrected chi connectivity index (χ4v) is 6.01. The van der Waals surface area contributed by atoms with Gasteiger partial charge in [0.25, 0.3) is 0 Å². The Balaban J connectivity index is 2.60. The van der Waals surface area contributed by atoms with Gasteiger partial charge in [0, 0.05) is 6.20 Å². The van der Waals surface area contributed by atoms with Gasteiger partial charge in [-0.05, 0) is 24.2 Å². The van der Waals surface area contributed by atoms with Crippen molar-refractivity contribution >= 4 is 28.1 Å². The number of rotatable bonds is 15. The van der Waals surface area contributed by atoms with E-state index in [1.807, 2.05) is 39.9 Å². The van der Waals surface area contributed by atoms with Gasteiger partial charge in [0.15, 0.2) is 14.5 Å². The molecule has 14 nitrogen and oxygen atoms in total. The topological polar surface area (TPSA) is 183 Å². The molecule has 1 fully saturated rings. The normalized spacial score (nSPS) is 22.3. The number of nitrogens with two attached hydrogens (primary N) is 1. The average Bonchev–Trinajstić information content (AvgIpc) is 3.20. The van der Waals surface area contributed by atoms with Crippen LogP contribution in [0.4, 0.5) is 10.6 Å². The molecule has 1 aromatic rings. The van der Waals surface area contributed by atoms with Crippen LogP contribution >= 0.6 is 7.82 Å². The van der Waals surface area contributed by atoms with Crippen LogP contribution in [0.2, 0.25) is 18.1 Å². The maximum Gasteiger partial charge on any atom is 0.508 e. The lowest BCUT2D eigenvalue weighted by Gasteiger charge is -2.40. The molecular weight excluding hydrogens is 575 g/mol. The minimum absolute atomic E-state index is 0.00280. The molecule has 0 spiro atoms. The number of anilines is 1. The van der Waals surface area contributed by atoms with Gasteiger partial charge in [0.1, 0.15) is 37.3 Å². The summed E-state index contributed by atoms with van der Waals surface area (Å²) in [6.07, 6.45) is -1.67. The van der Waals surface area contributed by atoms with Crippen molar-refractivity contribution in [3.05, 3.63) is 48.1 Å². The summed E-state index contributed by atoms with van der Waals surface area (Å²) in [6, 6.07) is 3.30. The van der Waals surface area contributed by atoms with Gasteiger partial charge in [0.2, 0.25) is 0 Å². The Kier molecular flexibility index (Phi) is 12.5. The Bertz CT molecular complexity index is 1210. The molecule has 41 heavy (non-hydrogen) atoms. The number of nitrogen functional groups attached to an aromatic ring is 1. The lowest BCUT2D eigenvalue weighted by atomic mass is 10.1. The number of hydrogen-bond acceptors (Lipinski definition) is 13. The summed E-state index contributed by atoms with van der Waals surface area (Å²) in [5, 5.41) is 8.63. The summed E-state index contributed by atoms with van der Waals surface area (Å²) in [4.78, 5) is 28.8. The van der Waals surface area contributed by atoms with Crippen LogP contribution in [0, 0.1) is 11.3 Å². The Hall–Kier alpha value is -2.83. The molecule has 1 aliphatic rings. The van der Waals surface area contributed by atoms with Crippen molar-refractivity contribution in [1.29, 1.82) is 5.26 Å². The number of carbonyl (C=O) groups is 1. The quantitative estimate of drug-likeness (QED) is 0.0981. The van der Waals surface area contributed by atoms with Crippen molar-refractivity contribution in [3.63, 3.8) is 0 Å². The first-order chi connectivity index (χ1) is 19.2. The van der Waals surface area contributed by atoms with Crippen LogP contribution in [0.25, 0.3) is 0 Å². The number of aromatic nitrogens is 2. The molecule has 2 rings (SSSR count). The third-order valence-electron chi connectivity index (χ3n) is 6.40. The van der Waals surface area contributed by atoms with Crippen LogP contribution in [0.5, 0.6) is 0 Å². The van der Waals surface area contributed by atoms with E-state index in [4.69, 9.17) is 43.2 Å². The second kappa shape index (κ2) is 14.9. The number of phosphoric ester groups is 1. The molecule has 1 saturated heterocycles. The third kappa shape index (κ3) is 9.61. The smallest absolute Gasteiger partial charge is 0.431 e. The Morgan fingerprint density at radius 2 is 1.93 bits per heavy atom. The maximum atomic E-state index is 13.7. The highest BCUT2D eigenvalue weighted by Gasteiger charge is 2.54. The zero-order valence-corrected chi connectivity index (χ0v) is 25.9. The van der Waals surface area contributed by atoms with Crippen molar-refractivity contribution in [1.82, 2.24) is 9.55 Å². The van der Waals surface area contributed by atoms with Crippen molar-refractivity contribution in [2.24, 2.45) is 0 Å². The van der Waals surface area contributed by atoms with Crippen molar-refractivity contribution in [2.75, 3.05) is 32.2 Å². The molecule has 0 amide bonds. The highest BCUT2D eigenvalue weighted by atomic mass is 31.2. The van der Waals surface area contributed by atoms with E-state index in [1.165, 1.54) is 24.4 Å². The van der Waals surface area contributed by atoms with E-state index in [-0.39, 0.29) is 37.1 Å². The van der Waals surface area contributed by atoms with Crippen LogP contribution in [0.1, 0.15) is 33.4 Å². The van der Waals surface area contributed by atoms with Gasteiger partial charge in [-0.15, -0.1) is 6.58 Å².